The number of fused-ring (bicyclic) bond motifs is 4. The summed E-state index contributed by atoms with van der Waals surface area (Å²) < 4.78 is 15.6. The van der Waals surface area contributed by atoms with Crippen LogP contribution in [0.4, 0.5) is 0 Å². The average Bonchev–Trinajstić information content (AvgIpc) is 2.61. The normalized spacial score (nSPS) is 63.9. The van der Waals surface area contributed by atoms with Crippen LogP contribution in [0.25, 0.3) is 0 Å². The Hall–Kier alpha value is -0.160. The summed E-state index contributed by atoms with van der Waals surface area (Å²) in [5, 5.41) is 9.33. The summed E-state index contributed by atoms with van der Waals surface area (Å²) in [4.78, 5) is 0. The molecule has 1 N–H and O–H groups in total. The molecule has 5 atom stereocenters. The van der Waals surface area contributed by atoms with Crippen molar-refractivity contribution in [2.45, 2.75) is 30.7 Å². The van der Waals surface area contributed by atoms with Gasteiger partial charge in [0.05, 0.1) is 6.61 Å². The Morgan fingerprint density at radius 2 is 2.10 bits per heavy atom. The highest BCUT2D eigenvalue weighted by Crippen LogP contribution is 2.41. The van der Waals surface area contributed by atoms with E-state index in [0.717, 1.165) is 0 Å². The molecule has 2 bridgehead atoms. The smallest absolute Gasteiger partial charge is 0.186 e. The van der Waals surface area contributed by atoms with Gasteiger partial charge in [-0.2, -0.15) is 0 Å². The minimum absolute atomic E-state index is 0.00810. The Bertz CT molecular complexity index is 169. The fraction of sp³-hybridized carbons (Fsp3) is 1.00. The lowest BCUT2D eigenvalue weighted by molar-refractivity contribution is -0.143. The first-order chi connectivity index (χ1) is 4.86. The maximum Gasteiger partial charge on any atom is 0.186 e. The highest BCUT2D eigenvalue weighted by Gasteiger charge is 2.60. The Morgan fingerprint density at radius 3 is 3.00 bits per heavy atom. The van der Waals surface area contributed by atoms with Gasteiger partial charge in [0.1, 0.15) is 24.4 Å². The van der Waals surface area contributed by atoms with E-state index in [1.54, 1.807) is 0 Å². The van der Waals surface area contributed by atoms with Gasteiger partial charge in [-0.05, 0) is 0 Å². The predicted molar refractivity (Wildman–Crippen MR) is 29.3 cm³/mol. The molecule has 4 heteroatoms. The van der Waals surface area contributed by atoms with Crippen molar-refractivity contribution in [3.05, 3.63) is 0 Å². The number of aliphatic hydroxyl groups is 1. The second-order valence-electron chi connectivity index (χ2n) is 2.93. The van der Waals surface area contributed by atoms with Gasteiger partial charge in [-0.1, -0.05) is 0 Å². The van der Waals surface area contributed by atoms with Crippen LogP contribution in [-0.4, -0.2) is 42.4 Å². The number of epoxide rings is 1. The van der Waals surface area contributed by atoms with Gasteiger partial charge in [0.2, 0.25) is 0 Å². The van der Waals surface area contributed by atoms with Gasteiger partial charge >= 0.3 is 0 Å². The van der Waals surface area contributed by atoms with E-state index in [9.17, 15) is 5.11 Å². The molecule has 0 saturated carbocycles. The van der Waals surface area contributed by atoms with Gasteiger partial charge in [0, 0.05) is 0 Å². The fourth-order valence-electron chi connectivity index (χ4n) is 1.66. The number of ether oxygens (including phenoxy) is 3. The lowest BCUT2D eigenvalue weighted by Gasteiger charge is -2.18. The highest BCUT2D eigenvalue weighted by atomic mass is 16.8. The Kier molecular flexibility index (Phi) is 0.840. The van der Waals surface area contributed by atoms with Crippen molar-refractivity contribution < 1.29 is 19.3 Å². The summed E-state index contributed by atoms with van der Waals surface area (Å²) in [5.74, 6) is 0. The molecule has 0 spiro atoms. The third-order valence-corrected chi connectivity index (χ3v) is 2.28. The van der Waals surface area contributed by atoms with Gasteiger partial charge in [-0.25, -0.2) is 0 Å². The summed E-state index contributed by atoms with van der Waals surface area (Å²) in [6.45, 7) is 0.572. The van der Waals surface area contributed by atoms with Crippen LogP contribution in [0.3, 0.4) is 0 Å². The lowest BCUT2D eigenvalue weighted by atomic mass is 10.1. The zero-order chi connectivity index (χ0) is 6.72. The summed E-state index contributed by atoms with van der Waals surface area (Å²) in [7, 11) is 0. The average molecular weight is 144 g/mol. The molecule has 0 aliphatic carbocycles. The van der Waals surface area contributed by atoms with E-state index in [4.69, 9.17) is 14.2 Å². The van der Waals surface area contributed by atoms with Gasteiger partial charge in [0.25, 0.3) is 0 Å². The maximum atomic E-state index is 9.33. The zero-order valence-corrected chi connectivity index (χ0v) is 5.27. The Labute approximate surface area is 57.7 Å². The maximum absolute atomic E-state index is 9.33. The van der Waals surface area contributed by atoms with Crippen molar-refractivity contribution >= 4 is 0 Å². The summed E-state index contributed by atoms with van der Waals surface area (Å²) in [6.07, 6.45) is -0.809. The van der Waals surface area contributed by atoms with Crippen LogP contribution in [0.15, 0.2) is 0 Å². The van der Waals surface area contributed by atoms with Crippen LogP contribution < -0.4 is 0 Å². The van der Waals surface area contributed by atoms with E-state index in [1.165, 1.54) is 0 Å². The van der Waals surface area contributed by atoms with Crippen molar-refractivity contribution in [1.29, 1.82) is 0 Å². The van der Waals surface area contributed by atoms with Crippen molar-refractivity contribution in [2.24, 2.45) is 0 Å². The minimum Gasteiger partial charge on any atom is -0.385 e. The van der Waals surface area contributed by atoms with Crippen molar-refractivity contribution in [1.82, 2.24) is 0 Å². The first-order valence-electron chi connectivity index (χ1n) is 3.47. The molecule has 3 aliphatic rings. The van der Waals surface area contributed by atoms with E-state index in [2.05, 4.69) is 0 Å². The summed E-state index contributed by atoms with van der Waals surface area (Å²) in [6, 6.07) is 0. The number of rotatable bonds is 0. The zero-order valence-electron chi connectivity index (χ0n) is 5.27. The first-order valence-corrected chi connectivity index (χ1v) is 3.47. The van der Waals surface area contributed by atoms with Crippen LogP contribution >= 0.6 is 0 Å². The van der Waals surface area contributed by atoms with E-state index in [1.807, 2.05) is 0 Å². The monoisotopic (exact) mass is 144 g/mol. The molecule has 4 nitrogen and oxygen atoms in total. The van der Waals surface area contributed by atoms with Crippen molar-refractivity contribution in [3.8, 4) is 0 Å². The van der Waals surface area contributed by atoms with Crippen LogP contribution in [0, 0.1) is 0 Å². The predicted octanol–water partition coefficient (Wildman–Crippen LogP) is -1.13. The van der Waals surface area contributed by atoms with Crippen LogP contribution in [-0.2, 0) is 14.2 Å². The second-order valence-corrected chi connectivity index (χ2v) is 2.93. The molecule has 0 aromatic carbocycles. The molecule has 56 valence electrons. The van der Waals surface area contributed by atoms with E-state index < -0.39 is 12.4 Å². The molecule has 3 heterocycles. The molecule has 0 aromatic heterocycles. The van der Waals surface area contributed by atoms with Crippen LogP contribution in [0.2, 0.25) is 0 Å². The molecule has 10 heavy (non-hydrogen) atoms. The van der Waals surface area contributed by atoms with Gasteiger partial charge in [-0.3, -0.25) is 0 Å². The number of hydrogen-bond donors (Lipinski definition) is 1. The fourth-order valence-corrected chi connectivity index (χ4v) is 1.66. The first kappa shape index (κ1) is 5.49. The molecule has 0 radical (unpaired) electrons. The molecular weight excluding hydrogens is 136 g/mol. The van der Waals surface area contributed by atoms with Crippen LogP contribution in [0.5, 0.6) is 0 Å². The van der Waals surface area contributed by atoms with Crippen molar-refractivity contribution in [2.75, 3.05) is 6.61 Å². The van der Waals surface area contributed by atoms with Gasteiger partial charge in [0.15, 0.2) is 6.29 Å². The topological polar surface area (TPSA) is 51.2 Å². The summed E-state index contributed by atoms with van der Waals surface area (Å²) in [5.41, 5.74) is 0. The van der Waals surface area contributed by atoms with Crippen molar-refractivity contribution in [3.63, 3.8) is 0 Å². The second kappa shape index (κ2) is 1.53. The van der Waals surface area contributed by atoms with E-state index in [0.29, 0.717) is 6.61 Å². The van der Waals surface area contributed by atoms with E-state index in [-0.39, 0.29) is 18.3 Å². The molecule has 3 rings (SSSR count). The molecular formula is C6H8O4. The Morgan fingerprint density at radius 1 is 1.20 bits per heavy atom. The lowest BCUT2D eigenvalue weighted by Crippen LogP contribution is -2.39. The third-order valence-electron chi connectivity index (χ3n) is 2.28. The quantitative estimate of drug-likeness (QED) is 0.437. The SMILES string of the molecule is O[C@@H]1[C@@H]2OC[C@@H](O2)[C@@H]2O[C@H]12. The summed E-state index contributed by atoms with van der Waals surface area (Å²) >= 11 is 0. The van der Waals surface area contributed by atoms with Gasteiger partial charge in [-0.15, -0.1) is 0 Å². The molecule has 3 saturated heterocycles. The Balaban J connectivity index is 1.91. The third kappa shape index (κ3) is 0.509. The highest BCUT2D eigenvalue weighted by molar-refractivity contribution is 5.03. The van der Waals surface area contributed by atoms with Crippen LogP contribution in [0.1, 0.15) is 0 Å². The standard InChI is InChI=1S/C6H8O4/c7-3-5-4(10-5)2-1-8-6(3)9-2/h2-7H,1H2/t2-,3+,4+,5-,6-/m1/s1. The number of hydrogen-bond acceptors (Lipinski definition) is 4. The molecule has 3 aliphatic heterocycles. The molecule has 0 aromatic rings. The molecule has 0 unspecified atom stereocenters. The number of aliphatic hydroxyl groups excluding tert-OH is 1. The van der Waals surface area contributed by atoms with Gasteiger partial charge < -0.3 is 19.3 Å². The minimum atomic E-state index is -0.566. The largest absolute Gasteiger partial charge is 0.385 e. The molecule has 3 fully saturated rings. The van der Waals surface area contributed by atoms with E-state index >= 15 is 0 Å². The molecule has 0 amide bonds.